The van der Waals surface area contributed by atoms with Crippen LogP contribution in [0.3, 0.4) is 0 Å². The standard InChI is InChI=1S/C14H28O3S/c1-14(18(15,16)17)12-10-8-6-4-2-3-5-7-9-11-13-14/h2-13H2,1H3,(H,15,16,17). The van der Waals surface area contributed by atoms with Crippen LogP contribution in [0.2, 0.25) is 0 Å². The maximum Gasteiger partial charge on any atom is 0.270 e. The molecule has 1 aliphatic rings. The fourth-order valence-electron chi connectivity index (χ4n) is 2.80. The molecule has 0 radical (unpaired) electrons. The molecule has 0 unspecified atom stereocenters. The van der Waals surface area contributed by atoms with Crippen molar-refractivity contribution in [2.24, 2.45) is 0 Å². The molecule has 0 aromatic carbocycles. The molecular formula is C14H28O3S. The van der Waals surface area contributed by atoms with Gasteiger partial charge in [0.15, 0.2) is 0 Å². The minimum absolute atomic E-state index is 0.603. The Hall–Kier alpha value is -0.0900. The second-order valence-electron chi connectivity index (χ2n) is 5.96. The van der Waals surface area contributed by atoms with E-state index in [1.54, 1.807) is 6.92 Å². The largest absolute Gasteiger partial charge is 0.285 e. The first-order chi connectivity index (χ1) is 8.46. The first kappa shape index (κ1) is 16.0. The van der Waals surface area contributed by atoms with Crippen molar-refractivity contribution in [3.8, 4) is 0 Å². The average molecular weight is 276 g/mol. The van der Waals surface area contributed by atoms with E-state index in [9.17, 15) is 13.0 Å². The highest BCUT2D eigenvalue weighted by Crippen LogP contribution is 2.30. The predicted molar refractivity (Wildman–Crippen MR) is 75.4 cm³/mol. The van der Waals surface area contributed by atoms with Gasteiger partial charge >= 0.3 is 0 Å². The van der Waals surface area contributed by atoms with E-state index < -0.39 is 14.9 Å². The van der Waals surface area contributed by atoms with E-state index in [1.165, 1.54) is 38.5 Å². The van der Waals surface area contributed by atoms with Gasteiger partial charge in [0.1, 0.15) is 0 Å². The zero-order valence-corrected chi connectivity index (χ0v) is 12.5. The van der Waals surface area contributed by atoms with Crippen molar-refractivity contribution in [2.45, 2.75) is 88.7 Å². The van der Waals surface area contributed by atoms with Crippen LogP contribution in [-0.2, 0) is 10.1 Å². The average Bonchev–Trinajstić information content (AvgIpc) is 2.30. The van der Waals surface area contributed by atoms with Crippen LogP contribution in [0.25, 0.3) is 0 Å². The minimum Gasteiger partial charge on any atom is -0.285 e. The third-order valence-corrected chi connectivity index (χ3v) is 5.94. The second kappa shape index (κ2) is 7.49. The van der Waals surface area contributed by atoms with Crippen molar-refractivity contribution >= 4 is 10.1 Å². The van der Waals surface area contributed by atoms with Gasteiger partial charge in [0.25, 0.3) is 10.1 Å². The molecule has 1 rings (SSSR count). The molecule has 0 heterocycles. The molecule has 4 heteroatoms. The molecule has 3 nitrogen and oxygen atoms in total. The first-order valence-corrected chi connectivity index (χ1v) is 8.87. The van der Waals surface area contributed by atoms with Crippen LogP contribution in [-0.4, -0.2) is 17.7 Å². The Labute approximate surface area is 112 Å². The number of rotatable bonds is 1. The van der Waals surface area contributed by atoms with E-state index in [0.29, 0.717) is 12.8 Å². The lowest BCUT2D eigenvalue weighted by atomic mass is 9.95. The zero-order chi connectivity index (χ0) is 13.5. The Bertz CT molecular complexity index is 308. The topological polar surface area (TPSA) is 54.4 Å². The highest BCUT2D eigenvalue weighted by molar-refractivity contribution is 7.87. The third-order valence-electron chi connectivity index (χ3n) is 4.28. The third kappa shape index (κ3) is 5.27. The van der Waals surface area contributed by atoms with Crippen LogP contribution in [0.5, 0.6) is 0 Å². The molecule has 0 spiro atoms. The van der Waals surface area contributed by atoms with Crippen molar-refractivity contribution < 1.29 is 13.0 Å². The van der Waals surface area contributed by atoms with Crippen LogP contribution < -0.4 is 0 Å². The van der Waals surface area contributed by atoms with Gasteiger partial charge in [-0.2, -0.15) is 8.42 Å². The van der Waals surface area contributed by atoms with Crippen molar-refractivity contribution in [1.82, 2.24) is 0 Å². The van der Waals surface area contributed by atoms with Gasteiger partial charge in [-0.25, -0.2) is 0 Å². The molecular weight excluding hydrogens is 248 g/mol. The molecule has 0 amide bonds. The molecule has 0 aliphatic heterocycles. The second-order valence-corrected chi connectivity index (χ2v) is 7.90. The summed E-state index contributed by atoms with van der Waals surface area (Å²) >= 11 is 0. The van der Waals surface area contributed by atoms with Crippen LogP contribution >= 0.6 is 0 Å². The first-order valence-electron chi connectivity index (χ1n) is 7.43. The molecule has 1 aliphatic carbocycles. The molecule has 1 fully saturated rings. The van der Waals surface area contributed by atoms with E-state index in [4.69, 9.17) is 0 Å². The quantitative estimate of drug-likeness (QED) is 0.725. The summed E-state index contributed by atoms with van der Waals surface area (Å²) in [4.78, 5) is 0. The monoisotopic (exact) mass is 276 g/mol. The lowest BCUT2D eigenvalue weighted by Crippen LogP contribution is -2.35. The Morgan fingerprint density at radius 1 is 0.722 bits per heavy atom. The normalized spacial score (nSPS) is 24.6. The van der Waals surface area contributed by atoms with E-state index in [-0.39, 0.29) is 0 Å². The minimum atomic E-state index is -3.92. The lowest BCUT2D eigenvalue weighted by Gasteiger charge is -2.26. The molecule has 0 atom stereocenters. The van der Waals surface area contributed by atoms with Gasteiger partial charge in [0.05, 0.1) is 4.75 Å². The van der Waals surface area contributed by atoms with Crippen LogP contribution in [0, 0.1) is 0 Å². The molecule has 108 valence electrons. The summed E-state index contributed by atoms with van der Waals surface area (Å²) in [6, 6.07) is 0. The Balaban J connectivity index is 2.58. The SMILES string of the molecule is CC1(S(=O)(=O)O)CCCCCCCCCCCC1. The van der Waals surface area contributed by atoms with Crippen molar-refractivity contribution in [1.29, 1.82) is 0 Å². The van der Waals surface area contributed by atoms with Gasteiger partial charge < -0.3 is 0 Å². The maximum atomic E-state index is 11.5. The summed E-state index contributed by atoms with van der Waals surface area (Å²) in [6.07, 6.45) is 12.8. The summed E-state index contributed by atoms with van der Waals surface area (Å²) in [6.45, 7) is 1.71. The van der Waals surface area contributed by atoms with Gasteiger partial charge in [0.2, 0.25) is 0 Å². The Morgan fingerprint density at radius 3 is 1.28 bits per heavy atom. The van der Waals surface area contributed by atoms with Crippen LogP contribution in [0.4, 0.5) is 0 Å². The number of hydrogen-bond acceptors (Lipinski definition) is 2. The zero-order valence-electron chi connectivity index (χ0n) is 11.7. The van der Waals surface area contributed by atoms with Crippen LogP contribution in [0.1, 0.15) is 84.0 Å². The molecule has 1 N–H and O–H groups in total. The summed E-state index contributed by atoms with van der Waals surface area (Å²) in [5.74, 6) is 0. The fourth-order valence-corrected chi connectivity index (χ4v) is 3.60. The fraction of sp³-hybridized carbons (Fsp3) is 1.00. The summed E-state index contributed by atoms with van der Waals surface area (Å²) in [5, 5.41) is 0. The number of hydrogen-bond donors (Lipinski definition) is 1. The summed E-state index contributed by atoms with van der Waals surface area (Å²) in [7, 11) is -3.92. The van der Waals surface area contributed by atoms with Gasteiger partial charge in [0, 0.05) is 0 Å². The van der Waals surface area contributed by atoms with Gasteiger partial charge in [-0.15, -0.1) is 0 Å². The smallest absolute Gasteiger partial charge is 0.270 e. The van der Waals surface area contributed by atoms with E-state index in [2.05, 4.69) is 0 Å². The van der Waals surface area contributed by atoms with Gasteiger partial charge in [-0.05, 0) is 19.8 Å². The Kier molecular flexibility index (Phi) is 6.64. The molecule has 0 saturated heterocycles. The molecule has 0 aromatic rings. The van der Waals surface area contributed by atoms with Crippen molar-refractivity contribution in [2.75, 3.05) is 0 Å². The molecule has 1 saturated carbocycles. The molecule has 0 aromatic heterocycles. The molecule has 0 bridgehead atoms. The van der Waals surface area contributed by atoms with E-state index in [1.807, 2.05) is 0 Å². The van der Waals surface area contributed by atoms with E-state index >= 15 is 0 Å². The van der Waals surface area contributed by atoms with Gasteiger partial charge in [-0.3, -0.25) is 4.55 Å². The predicted octanol–water partition coefficient (Wildman–Crippen LogP) is 4.33. The Morgan fingerprint density at radius 2 is 1.00 bits per heavy atom. The van der Waals surface area contributed by atoms with E-state index in [0.717, 1.165) is 25.7 Å². The van der Waals surface area contributed by atoms with Gasteiger partial charge in [-0.1, -0.05) is 64.2 Å². The summed E-state index contributed by atoms with van der Waals surface area (Å²) < 4.78 is 31.6. The highest BCUT2D eigenvalue weighted by atomic mass is 32.2. The van der Waals surface area contributed by atoms with Crippen molar-refractivity contribution in [3.63, 3.8) is 0 Å². The highest BCUT2D eigenvalue weighted by Gasteiger charge is 2.36. The van der Waals surface area contributed by atoms with Crippen LogP contribution in [0.15, 0.2) is 0 Å². The summed E-state index contributed by atoms with van der Waals surface area (Å²) in [5.41, 5.74) is 0. The maximum absolute atomic E-state index is 11.5. The molecule has 18 heavy (non-hydrogen) atoms. The van der Waals surface area contributed by atoms with Crippen molar-refractivity contribution in [3.05, 3.63) is 0 Å². The lowest BCUT2D eigenvalue weighted by molar-refractivity contribution is 0.387.